The van der Waals surface area contributed by atoms with Crippen molar-refractivity contribution in [1.29, 1.82) is 0 Å². The lowest BCUT2D eigenvalue weighted by atomic mass is 9.73. The van der Waals surface area contributed by atoms with E-state index in [9.17, 15) is 5.11 Å². The van der Waals surface area contributed by atoms with Gasteiger partial charge in [0.15, 0.2) is 0 Å². The molecular weight excluding hydrogens is 258 g/mol. The van der Waals surface area contributed by atoms with Crippen LogP contribution >= 0.6 is 0 Å². The molecule has 2 atom stereocenters. The predicted octanol–water partition coefficient (Wildman–Crippen LogP) is 4.12. The van der Waals surface area contributed by atoms with Gasteiger partial charge in [0.25, 0.3) is 0 Å². The van der Waals surface area contributed by atoms with Crippen molar-refractivity contribution in [3.8, 4) is 0 Å². The average Bonchev–Trinajstić information content (AvgIpc) is 2.48. The highest BCUT2D eigenvalue weighted by Gasteiger charge is 2.44. The molecule has 2 bridgehead atoms. The van der Waals surface area contributed by atoms with Gasteiger partial charge in [-0.2, -0.15) is 0 Å². The monoisotopic (exact) mass is 287 g/mol. The number of hydrogen-bond donors (Lipinski definition) is 1. The fourth-order valence-corrected chi connectivity index (χ4v) is 4.38. The van der Waals surface area contributed by atoms with E-state index in [4.69, 9.17) is 0 Å². The second-order valence-electron chi connectivity index (χ2n) is 7.13. The van der Waals surface area contributed by atoms with Gasteiger partial charge in [0.2, 0.25) is 0 Å². The van der Waals surface area contributed by atoms with Crippen LogP contribution in [-0.2, 0) is 6.54 Å². The summed E-state index contributed by atoms with van der Waals surface area (Å²) in [7, 11) is 0. The number of hydrogen-bond acceptors (Lipinski definition) is 2. The third-order valence-corrected chi connectivity index (χ3v) is 5.45. The molecule has 2 aliphatic heterocycles. The van der Waals surface area contributed by atoms with Crippen LogP contribution in [0.1, 0.15) is 63.9 Å². The standard InChI is InChI=1S/C19H29NO/c1-2-3-12-19(21)13-17-10-7-11-18(14-19)20(17)15-16-8-5-4-6-9-16/h4-6,8-9,17-18,21H,2-3,7,10-15H2,1H3. The average molecular weight is 287 g/mol. The van der Waals surface area contributed by atoms with Crippen LogP contribution in [0.4, 0.5) is 0 Å². The Balaban J connectivity index is 1.70. The second-order valence-corrected chi connectivity index (χ2v) is 7.13. The van der Waals surface area contributed by atoms with Crippen LogP contribution in [0.15, 0.2) is 30.3 Å². The first-order valence-electron chi connectivity index (χ1n) is 8.72. The molecule has 0 aromatic heterocycles. The Hall–Kier alpha value is -0.860. The number of unbranched alkanes of at least 4 members (excludes halogenated alkanes) is 1. The van der Waals surface area contributed by atoms with Crippen molar-refractivity contribution in [2.75, 3.05) is 0 Å². The highest BCUT2D eigenvalue weighted by Crippen LogP contribution is 2.42. The van der Waals surface area contributed by atoms with E-state index in [2.05, 4.69) is 42.2 Å². The third-order valence-electron chi connectivity index (χ3n) is 5.45. The molecule has 21 heavy (non-hydrogen) atoms. The minimum absolute atomic E-state index is 0.390. The number of aliphatic hydroxyl groups is 1. The van der Waals surface area contributed by atoms with Gasteiger partial charge in [-0.1, -0.05) is 56.5 Å². The Labute approximate surface area is 129 Å². The minimum atomic E-state index is -0.390. The molecule has 2 nitrogen and oxygen atoms in total. The second kappa shape index (κ2) is 6.50. The molecule has 2 saturated heterocycles. The lowest BCUT2D eigenvalue weighted by Crippen LogP contribution is -2.57. The molecule has 1 aromatic rings. The van der Waals surface area contributed by atoms with Gasteiger partial charge >= 0.3 is 0 Å². The SMILES string of the molecule is CCCCC1(O)CC2CCCC(C1)N2Cc1ccccc1. The van der Waals surface area contributed by atoms with E-state index in [0.29, 0.717) is 12.1 Å². The quantitative estimate of drug-likeness (QED) is 0.880. The predicted molar refractivity (Wildman–Crippen MR) is 87.1 cm³/mol. The van der Waals surface area contributed by atoms with Crippen LogP contribution in [0, 0.1) is 0 Å². The molecule has 0 aliphatic carbocycles. The Morgan fingerprint density at radius 3 is 2.43 bits per heavy atom. The van der Waals surface area contributed by atoms with Gasteiger partial charge in [0.05, 0.1) is 5.60 Å². The van der Waals surface area contributed by atoms with Gasteiger partial charge in [-0.15, -0.1) is 0 Å². The van der Waals surface area contributed by atoms with E-state index in [-0.39, 0.29) is 5.60 Å². The van der Waals surface area contributed by atoms with Crippen LogP contribution in [-0.4, -0.2) is 27.7 Å². The fraction of sp³-hybridized carbons (Fsp3) is 0.684. The van der Waals surface area contributed by atoms with Crippen LogP contribution in [0.5, 0.6) is 0 Å². The van der Waals surface area contributed by atoms with Gasteiger partial charge in [-0.05, 0) is 37.7 Å². The van der Waals surface area contributed by atoms with Crippen molar-refractivity contribution in [1.82, 2.24) is 4.90 Å². The summed E-state index contributed by atoms with van der Waals surface area (Å²) in [5.41, 5.74) is 1.02. The molecule has 2 fully saturated rings. The van der Waals surface area contributed by atoms with Crippen LogP contribution in [0.25, 0.3) is 0 Å². The summed E-state index contributed by atoms with van der Waals surface area (Å²) in [6.45, 7) is 3.27. The molecule has 2 heterocycles. The zero-order valence-electron chi connectivity index (χ0n) is 13.3. The van der Waals surface area contributed by atoms with Crippen LogP contribution in [0.3, 0.4) is 0 Å². The lowest BCUT2D eigenvalue weighted by molar-refractivity contribution is -0.0997. The Kier molecular flexibility index (Phi) is 4.66. The number of piperidine rings is 2. The van der Waals surface area contributed by atoms with E-state index < -0.39 is 0 Å². The van der Waals surface area contributed by atoms with E-state index in [0.717, 1.165) is 32.2 Å². The van der Waals surface area contributed by atoms with Crippen LogP contribution < -0.4 is 0 Å². The zero-order chi connectivity index (χ0) is 14.7. The summed E-state index contributed by atoms with van der Waals surface area (Å²) < 4.78 is 0. The van der Waals surface area contributed by atoms with Gasteiger partial charge in [0, 0.05) is 18.6 Å². The molecule has 1 N–H and O–H groups in total. The maximum absolute atomic E-state index is 11.0. The largest absolute Gasteiger partial charge is 0.390 e. The molecule has 3 rings (SSSR count). The number of fused-ring (bicyclic) bond motifs is 2. The number of benzene rings is 1. The summed E-state index contributed by atoms with van der Waals surface area (Å²) in [5.74, 6) is 0. The topological polar surface area (TPSA) is 23.5 Å². The van der Waals surface area contributed by atoms with Crippen LogP contribution in [0.2, 0.25) is 0 Å². The molecule has 0 saturated carbocycles. The molecule has 2 heteroatoms. The first-order chi connectivity index (χ1) is 10.2. The molecule has 0 amide bonds. The first-order valence-corrected chi connectivity index (χ1v) is 8.72. The molecule has 116 valence electrons. The van der Waals surface area contributed by atoms with E-state index in [1.165, 1.54) is 31.2 Å². The van der Waals surface area contributed by atoms with Crippen molar-refractivity contribution in [2.24, 2.45) is 0 Å². The summed E-state index contributed by atoms with van der Waals surface area (Å²) in [6, 6.07) is 12.0. The van der Waals surface area contributed by atoms with E-state index in [1.807, 2.05) is 0 Å². The molecule has 0 radical (unpaired) electrons. The molecule has 2 unspecified atom stereocenters. The molecule has 1 aromatic carbocycles. The van der Waals surface area contributed by atoms with Crippen molar-refractivity contribution < 1.29 is 5.11 Å². The van der Waals surface area contributed by atoms with Gasteiger partial charge in [0.1, 0.15) is 0 Å². The minimum Gasteiger partial charge on any atom is -0.390 e. The van der Waals surface area contributed by atoms with E-state index in [1.54, 1.807) is 0 Å². The summed E-state index contributed by atoms with van der Waals surface area (Å²) >= 11 is 0. The maximum atomic E-state index is 11.0. The normalized spacial score (nSPS) is 33.0. The lowest BCUT2D eigenvalue weighted by Gasteiger charge is -2.52. The van der Waals surface area contributed by atoms with Gasteiger partial charge < -0.3 is 5.11 Å². The van der Waals surface area contributed by atoms with Gasteiger partial charge in [-0.25, -0.2) is 0 Å². The molecule has 2 aliphatic rings. The van der Waals surface area contributed by atoms with Crippen molar-refractivity contribution >= 4 is 0 Å². The first kappa shape index (κ1) is 15.1. The molecule has 0 spiro atoms. The summed E-state index contributed by atoms with van der Waals surface area (Å²) in [5, 5.41) is 11.0. The highest BCUT2D eigenvalue weighted by molar-refractivity contribution is 5.15. The highest BCUT2D eigenvalue weighted by atomic mass is 16.3. The van der Waals surface area contributed by atoms with Crippen molar-refractivity contribution in [3.05, 3.63) is 35.9 Å². The summed E-state index contributed by atoms with van der Waals surface area (Å²) in [4.78, 5) is 2.68. The van der Waals surface area contributed by atoms with Crippen molar-refractivity contribution in [3.63, 3.8) is 0 Å². The fourth-order valence-electron chi connectivity index (χ4n) is 4.38. The van der Waals surface area contributed by atoms with Crippen molar-refractivity contribution in [2.45, 2.75) is 82.5 Å². The smallest absolute Gasteiger partial charge is 0.0677 e. The van der Waals surface area contributed by atoms with Gasteiger partial charge in [-0.3, -0.25) is 4.90 Å². The molecular formula is C19H29NO. The Morgan fingerprint density at radius 2 is 1.81 bits per heavy atom. The third kappa shape index (κ3) is 3.49. The number of nitrogens with zero attached hydrogens (tertiary/aromatic N) is 1. The maximum Gasteiger partial charge on any atom is 0.0677 e. The summed E-state index contributed by atoms with van der Waals surface area (Å²) in [6.07, 6.45) is 9.17. The van der Waals surface area contributed by atoms with E-state index >= 15 is 0 Å². The Bertz CT molecular complexity index is 430. The zero-order valence-corrected chi connectivity index (χ0v) is 13.3. The number of rotatable bonds is 5. The Morgan fingerprint density at radius 1 is 1.14 bits per heavy atom.